The van der Waals surface area contributed by atoms with Crippen LogP contribution in [0.1, 0.15) is 22.9 Å². The van der Waals surface area contributed by atoms with Crippen molar-refractivity contribution in [3.63, 3.8) is 0 Å². The molecule has 2 aromatic carbocycles. The Morgan fingerprint density at radius 2 is 1.95 bits per heavy atom. The van der Waals surface area contributed by atoms with Gasteiger partial charge in [0, 0.05) is 11.6 Å². The molecule has 1 atom stereocenters. The molecule has 106 valence electrons. The van der Waals surface area contributed by atoms with Crippen LogP contribution in [0.25, 0.3) is 10.8 Å². The Morgan fingerprint density at radius 3 is 2.76 bits per heavy atom. The quantitative estimate of drug-likeness (QED) is 0.789. The maximum absolute atomic E-state index is 13.2. The number of benzene rings is 2. The lowest BCUT2D eigenvalue weighted by Crippen LogP contribution is -2.16. The molecule has 0 aliphatic carbocycles. The van der Waals surface area contributed by atoms with Crippen LogP contribution in [-0.2, 0) is 6.42 Å². The normalized spacial score (nSPS) is 12.5. The molecule has 0 radical (unpaired) electrons. The number of pyridine rings is 1. The van der Waals surface area contributed by atoms with E-state index in [1.807, 2.05) is 31.2 Å². The van der Waals surface area contributed by atoms with Gasteiger partial charge in [0.05, 0.1) is 11.7 Å². The molecule has 0 saturated carbocycles. The minimum Gasteiger partial charge on any atom is -0.322 e. The molecule has 0 spiro atoms. The lowest BCUT2D eigenvalue weighted by molar-refractivity contribution is 0.623. The molecule has 1 aromatic heterocycles. The summed E-state index contributed by atoms with van der Waals surface area (Å²) in [6.45, 7) is 1.90. The highest BCUT2D eigenvalue weighted by molar-refractivity contribution is 5.84. The number of aromatic nitrogens is 1. The summed E-state index contributed by atoms with van der Waals surface area (Å²) < 4.78 is 13.2. The molecular weight excluding hydrogens is 263 g/mol. The minimum atomic E-state index is -0.215. The van der Waals surface area contributed by atoms with Gasteiger partial charge < -0.3 is 5.73 Å². The Kier molecular flexibility index (Phi) is 3.67. The van der Waals surface area contributed by atoms with Gasteiger partial charge in [-0.1, -0.05) is 30.3 Å². The summed E-state index contributed by atoms with van der Waals surface area (Å²) >= 11 is 0. The molecule has 3 heteroatoms. The monoisotopic (exact) mass is 280 g/mol. The zero-order valence-electron chi connectivity index (χ0n) is 11.9. The molecule has 0 aliphatic heterocycles. The first-order valence-electron chi connectivity index (χ1n) is 6.99. The maximum Gasteiger partial charge on any atom is 0.123 e. The van der Waals surface area contributed by atoms with E-state index in [1.54, 1.807) is 18.3 Å². The molecule has 0 saturated heterocycles. The predicted octanol–water partition coefficient (Wildman–Crippen LogP) is 3.92. The summed E-state index contributed by atoms with van der Waals surface area (Å²) in [4.78, 5) is 4.45. The van der Waals surface area contributed by atoms with E-state index in [0.29, 0.717) is 6.42 Å². The van der Waals surface area contributed by atoms with Gasteiger partial charge >= 0.3 is 0 Å². The molecule has 0 aliphatic rings. The van der Waals surface area contributed by atoms with Gasteiger partial charge in [0.1, 0.15) is 5.82 Å². The fourth-order valence-electron chi connectivity index (χ4n) is 2.66. The average Bonchev–Trinajstić information content (AvgIpc) is 2.49. The molecule has 3 aromatic rings. The highest BCUT2D eigenvalue weighted by Gasteiger charge is 2.13. The van der Waals surface area contributed by atoms with Crippen LogP contribution in [0, 0.1) is 12.7 Å². The van der Waals surface area contributed by atoms with Crippen molar-refractivity contribution in [3.8, 4) is 0 Å². The molecule has 0 amide bonds. The van der Waals surface area contributed by atoms with Crippen LogP contribution in [0.5, 0.6) is 0 Å². The number of nitrogens with zero attached hydrogens (tertiary/aromatic N) is 1. The van der Waals surface area contributed by atoms with E-state index in [-0.39, 0.29) is 11.9 Å². The molecule has 2 nitrogen and oxygen atoms in total. The van der Waals surface area contributed by atoms with Crippen LogP contribution in [0.4, 0.5) is 4.39 Å². The topological polar surface area (TPSA) is 38.9 Å². The van der Waals surface area contributed by atoms with E-state index in [1.165, 1.54) is 6.07 Å². The standard InChI is InChI=1S/C18H17FN2/c1-12-10-15(19)7-6-14(12)11-17(20)18-16-5-3-2-4-13(16)8-9-21-18/h2-10,17H,11,20H2,1H3. The predicted molar refractivity (Wildman–Crippen MR) is 83.5 cm³/mol. The Labute approximate surface area is 123 Å². The molecular formula is C18H17FN2. The third-order valence-electron chi connectivity index (χ3n) is 3.80. The summed E-state index contributed by atoms with van der Waals surface area (Å²) in [5.41, 5.74) is 9.21. The third-order valence-corrected chi connectivity index (χ3v) is 3.80. The molecule has 1 unspecified atom stereocenters. The number of nitrogens with two attached hydrogens (primary N) is 1. The number of fused-ring (bicyclic) bond motifs is 1. The SMILES string of the molecule is Cc1cc(F)ccc1CC(N)c1nccc2ccccc12. The highest BCUT2D eigenvalue weighted by Crippen LogP contribution is 2.24. The Bertz CT molecular complexity index is 778. The first-order chi connectivity index (χ1) is 10.1. The van der Waals surface area contributed by atoms with Gasteiger partial charge in [-0.15, -0.1) is 0 Å². The fourth-order valence-corrected chi connectivity index (χ4v) is 2.66. The van der Waals surface area contributed by atoms with Crippen LogP contribution in [0.2, 0.25) is 0 Å². The summed E-state index contributed by atoms with van der Waals surface area (Å²) in [7, 11) is 0. The van der Waals surface area contributed by atoms with E-state index in [4.69, 9.17) is 5.73 Å². The van der Waals surface area contributed by atoms with Crippen molar-refractivity contribution in [2.45, 2.75) is 19.4 Å². The van der Waals surface area contributed by atoms with Gasteiger partial charge in [-0.25, -0.2) is 4.39 Å². The van der Waals surface area contributed by atoms with Gasteiger partial charge in [-0.2, -0.15) is 0 Å². The fraction of sp³-hybridized carbons (Fsp3) is 0.167. The largest absolute Gasteiger partial charge is 0.322 e. The first kappa shape index (κ1) is 13.7. The van der Waals surface area contributed by atoms with Gasteiger partial charge in [0.2, 0.25) is 0 Å². The van der Waals surface area contributed by atoms with Crippen molar-refractivity contribution in [2.24, 2.45) is 5.73 Å². The Balaban J connectivity index is 1.95. The van der Waals surface area contributed by atoms with Crippen molar-refractivity contribution < 1.29 is 4.39 Å². The van der Waals surface area contributed by atoms with E-state index >= 15 is 0 Å². The van der Waals surface area contributed by atoms with Gasteiger partial charge in [-0.05, 0) is 48.1 Å². The zero-order chi connectivity index (χ0) is 14.8. The second kappa shape index (κ2) is 5.62. The van der Waals surface area contributed by atoms with Gasteiger partial charge in [-0.3, -0.25) is 4.98 Å². The van der Waals surface area contributed by atoms with E-state index in [0.717, 1.165) is 27.6 Å². The number of halogens is 1. The van der Waals surface area contributed by atoms with Crippen LogP contribution in [0.15, 0.2) is 54.7 Å². The van der Waals surface area contributed by atoms with Crippen LogP contribution in [-0.4, -0.2) is 4.98 Å². The average molecular weight is 280 g/mol. The molecule has 1 heterocycles. The molecule has 2 N–H and O–H groups in total. The van der Waals surface area contributed by atoms with Crippen LogP contribution >= 0.6 is 0 Å². The lowest BCUT2D eigenvalue weighted by atomic mass is 9.97. The van der Waals surface area contributed by atoms with E-state index in [2.05, 4.69) is 11.1 Å². The van der Waals surface area contributed by atoms with E-state index in [9.17, 15) is 4.39 Å². The van der Waals surface area contributed by atoms with Crippen molar-refractivity contribution in [1.29, 1.82) is 0 Å². The Morgan fingerprint density at radius 1 is 1.14 bits per heavy atom. The van der Waals surface area contributed by atoms with Gasteiger partial charge in [0.25, 0.3) is 0 Å². The second-order valence-electron chi connectivity index (χ2n) is 5.30. The molecule has 21 heavy (non-hydrogen) atoms. The summed E-state index contributed by atoms with van der Waals surface area (Å²) in [6, 6.07) is 14.7. The number of rotatable bonds is 3. The summed E-state index contributed by atoms with van der Waals surface area (Å²) in [6.07, 6.45) is 2.43. The van der Waals surface area contributed by atoms with Crippen molar-refractivity contribution in [1.82, 2.24) is 4.98 Å². The molecule has 0 fully saturated rings. The van der Waals surface area contributed by atoms with Crippen LogP contribution in [0.3, 0.4) is 0 Å². The summed E-state index contributed by atoms with van der Waals surface area (Å²) in [5, 5.41) is 2.21. The van der Waals surface area contributed by atoms with Crippen LogP contribution < -0.4 is 5.73 Å². The lowest BCUT2D eigenvalue weighted by Gasteiger charge is -2.15. The van der Waals surface area contributed by atoms with E-state index < -0.39 is 0 Å². The molecule has 0 bridgehead atoms. The minimum absolute atomic E-state index is 0.208. The maximum atomic E-state index is 13.2. The smallest absolute Gasteiger partial charge is 0.123 e. The zero-order valence-corrected chi connectivity index (χ0v) is 11.9. The molecule has 3 rings (SSSR count). The van der Waals surface area contributed by atoms with Crippen molar-refractivity contribution in [2.75, 3.05) is 0 Å². The summed E-state index contributed by atoms with van der Waals surface area (Å²) in [5.74, 6) is -0.215. The second-order valence-corrected chi connectivity index (χ2v) is 5.30. The number of aryl methyl sites for hydroxylation is 1. The Hall–Kier alpha value is -2.26. The van der Waals surface area contributed by atoms with Crippen molar-refractivity contribution >= 4 is 10.8 Å². The van der Waals surface area contributed by atoms with Crippen molar-refractivity contribution in [3.05, 3.63) is 77.4 Å². The third kappa shape index (κ3) is 2.78. The number of hydrogen-bond donors (Lipinski definition) is 1. The highest BCUT2D eigenvalue weighted by atomic mass is 19.1. The first-order valence-corrected chi connectivity index (χ1v) is 6.99. The van der Waals surface area contributed by atoms with Gasteiger partial charge in [0.15, 0.2) is 0 Å². The number of hydrogen-bond acceptors (Lipinski definition) is 2.